The second-order valence-electron chi connectivity index (χ2n) is 7.64. The van der Waals surface area contributed by atoms with Crippen LogP contribution in [0.2, 0.25) is 0 Å². The summed E-state index contributed by atoms with van der Waals surface area (Å²) in [7, 11) is 0. The van der Waals surface area contributed by atoms with Crippen LogP contribution in [0.15, 0.2) is 76.9 Å². The summed E-state index contributed by atoms with van der Waals surface area (Å²) < 4.78 is 2.35. The summed E-state index contributed by atoms with van der Waals surface area (Å²) in [5, 5.41) is 4.91. The molecule has 156 valence electrons. The third-order valence-electron chi connectivity index (χ3n) is 5.67. The van der Waals surface area contributed by atoms with Crippen molar-refractivity contribution in [3.63, 3.8) is 0 Å². The first kappa shape index (κ1) is 19.5. The molecule has 0 saturated carbocycles. The fraction of sp³-hybridized carbons (Fsp3) is 0.208. The zero-order valence-corrected chi connectivity index (χ0v) is 17.7. The van der Waals surface area contributed by atoms with Crippen molar-refractivity contribution in [1.82, 2.24) is 9.55 Å². The summed E-state index contributed by atoms with van der Waals surface area (Å²) in [5.41, 5.74) is 2.29. The number of thiophene rings is 1. The Kier molecular flexibility index (Phi) is 5.26. The van der Waals surface area contributed by atoms with Crippen LogP contribution in [0.25, 0.3) is 15.9 Å². The van der Waals surface area contributed by atoms with Crippen LogP contribution in [-0.2, 0) is 4.79 Å². The third kappa shape index (κ3) is 3.84. The highest BCUT2D eigenvalue weighted by atomic mass is 32.1. The van der Waals surface area contributed by atoms with Crippen LogP contribution in [0.5, 0.6) is 0 Å². The minimum absolute atomic E-state index is 0.0487. The van der Waals surface area contributed by atoms with Gasteiger partial charge in [0.2, 0.25) is 11.9 Å². The van der Waals surface area contributed by atoms with E-state index in [2.05, 4.69) is 10.2 Å². The molecule has 1 aliphatic rings. The summed E-state index contributed by atoms with van der Waals surface area (Å²) in [6.45, 7) is 1.34. The lowest BCUT2D eigenvalue weighted by Gasteiger charge is -2.33. The number of carbonyl (C=O) groups excluding carboxylic acids is 1. The minimum Gasteiger partial charge on any atom is -0.342 e. The molecule has 1 aliphatic heterocycles. The molecule has 0 bridgehead atoms. The fourth-order valence-electron chi connectivity index (χ4n) is 4.03. The number of nitrogens with one attached hydrogen (secondary N) is 1. The van der Waals surface area contributed by atoms with Crippen molar-refractivity contribution >= 4 is 39.1 Å². The highest BCUT2D eigenvalue weighted by molar-refractivity contribution is 7.17. The number of carbonyl (C=O) groups is 1. The lowest BCUT2D eigenvalue weighted by Crippen LogP contribution is -2.41. The number of para-hydroxylation sites is 2. The molecule has 2 aromatic heterocycles. The van der Waals surface area contributed by atoms with Crippen LogP contribution in [0.1, 0.15) is 12.8 Å². The quantitative estimate of drug-likeness (QED) is 0.524. The smallest absolute Gasteiger partial charge is 0.277 e. The molecule has 4 aromatic rings. The van der Waals surface area contributed by atoms with E-state index in [1.54, 1.807) is 4.57 Å². The van der Waals surface area contributed by atoms with Gasteiger partial charge >= 0.3 is 0 Å². The molecule has 5 rings (SSSR count). The average molecular weight is 431 g/mol. The summed E-state index contributed by atoms with van der Waals surface area (Å²) in [6, 6.07) is 21.0. The number of rotatable bonds is 4. The SMILES string of the molecule is O=C(Nc1ccccc1)C1CCN(c2nc3ccsc3c(=O)n2-c2ccccc2)CC1. The Morgan fingerprint density at radius 2 is 1.65 bits per heavy atom. The van der Waals surface area contributed by atoms with Crippen molar-refractivity contribution in [3.05, 3.63) is 82.5 Å². The molecule has 0 atom stereocenters. The van der Waals surface area contributed by atoms with E-state index >= 15 is 0 Å². The predicted molar refractivity (Wildman–Crippen MR) is 125 cm³/mol. The van der Waals surface area contributed by atoms with Gasteiger partial charge in [0.15, 0.2) is 0 Å². The Labute approximate surface area is 183 Å². The molecule has 7 heteroatoms. The molecular weight excluding hydrogens is 408 g/mol. The summed E-state index contributed by atoms with van der Waals surface area (Å²) in [5.74, 6) is 0.634. The normalized spacial score (nSPS) is 14.6. The number of aromatic nitrogens is 2. The van der Waals surface area contributed by atoms with Crippen molar-refractivity contribution in [2.24, 2.45) is 5.92 Å². The Morgan fingerprint density at radius 1 is 0.968 bits per heavy atom. The highest BCUT2D eigenvalue weighted by Crippen LogP contribution is 2.27. The van der Waals surface area contributed by atoms with Crippen LogP contribution < -0.4 is 15.8 Å². The first-order chi connectivity index (χ1) is 15.2. The predicted octanol–water partition coefficient (Wildman–Crippen LogP) is 4.30. The Morgan fingerprint density at radius 3 is 2.35 bits per heavy atom. The standard InChI is InChI=1S/C24H22N4O2S/c29-22(25-18-7-3-1-4-8-18)17-11-14-27(15-12-17)24-26-20-13-16-31-21(20)23(30)28(24)19-9-5-2-6-10-19/h1-10,13,16-17H,11-12,14-15H2,(H,25,29). The zero-order chi connectivity index (χ0) is 21.2. The molecule has 1 amide bonds. The first-order valence-corrected chi connectivity index (χ1v) is 11.3. The number of hydrogen-bond acceptors (Lipinski definition) is 5. The number of amides is 1. The molecule has 0 spiro atoms. The van der Waals surface area contributed by atoms with E-state index in [-0.39, 0.29) is 17.4 Å². The largest absolute Gasteiger partial charge is 0.342 e. The van der Waals surface area contributed by atoms with Gasteiger partial charge in [0.1, 0.15) is 4.70 Å². The Balaban J connectivity index is 1.41. The van der Waals surface area contributed by atoms with Gasteiger partial charge in [-0.05, 0) is 48.6 Å². The highest BCUT2D eigenvalue weighted by Gasteiger charge is 2.28. The molecule has 6 nitrogen and oxygen atoms in total. The van der Waals surface area contributed by atoms with E-state index in [0.29, 0.717) is 36.6 Å². The molecule has 0 aliphatic carbocycles. The third-order valence-corrected chi connectivity index (χ3v) is 6.56. The lowest BCUT2D eigenvalue weighted by atomic mass is 9.96. The number of anilines is 2. The number of fused-ring (bicyclic) bond motifs is 1. The topological polar surface area (TPSA) is 67.2 Å². The van der Waals surface area contributed by atoms with Crippen LogP contribution >= 0.6 is 11.3 Å². The first-order valence-electron chi connectivity index (χ1n) is 10.4. The second-order valence-corrected chi connectivity index (χ2v) is 8.56. The number of hydrogen-bond donors (Lipinski definition) is 1. The van der Waals surface area contributed by atoms with Crippen LogP contribution in [0.3, 0.4) is 0 Å². The van der Waals surface area contributed by atoms with E-state index in [0.717, 1.165) is 16.9 Å². The fourth-order valence-corrected chi connectivity index (χ4v) is 4.79. The van der Waals surface area contributed by atoms with E-state index in [9.17, 15) is 9.59 Å². The average Bonchev–Trinajstić information content (AvgIpc) is 3.29. The molecule has 1 saturated heterocycles. The molecular formula is C24H22N4O2S. The second kappa shape index (κ2) is 8.35. The molecule has 1 fully saturated rings. The van der Waals surface area contributed by atoms with E-state index in [1.807, 2.05) is 72.1 Å². The van der Waals surface area contributed by atoms with Gasteiger partial charge in [-0.2, -0.15) is 0 Å². The van der Waals surface area contributed by atoms with Crippen molar-refractivity contribution in [3.8, 4) is 5.69 Å². The monoisotopic (exact) mass is 430 g/mol. The zero-order valence-electron chi connectivity index (χ0n) is 16.9. The van der Waals surface area contributed by atoms with Gasteiger partial charge in [0, 0.05) is 24.7 Å². The minimum atomic E-state index is -0.0572. The molecule has 2 aromatic carbocycles. The van der Waals surface area contributed by atoms with Crippen molar-refractivity contribution in [2.75, 3.05) is 23.3 Å². The van der Waals surface area contributed by atoms with Gasteiger partial charge in [-0.15, -0.1) is 11.3 Å². The van der Waals surface area contributed by atoms with E-state index < -0.39 is 0 Å². The summed E-state index contributed by atoms with van der Waals surface area (Å²) in [4.78, 5) is 32.9. The molecule has 0 unspecified atom stereocenters. The van der Waals surface area contributed by atoms with Gasteiger partial charge in [-0.25, -0.2) is 9.55 Å². The van der Waals surface area contributed by atoms with Crippen molar-refractivity contribution in [2.45, 2.75) is 12.8 Å². The molecule has 1 N–H and O–H groups in total. The number of piperidine rings is 1. The van der Waals surface area contributed by atoms with E-state index in [1.165, 1.54) is 11.3 Å². The molecule has 31 heavy (non-hydrogen) atoms. The number of nitrogens with zero attached hydrogens (tertiary/aromatic N) is 3. The van der Waals surface area contributed by atoms with Crippen LogP contribution in [0, 0.1) is 5.92 Å². The van der Waals surface area contributed by atoms with Gasteiger partial charge in [-0.3, -0.25) is 9.59 Å². The summed E-state index contributed by atoms with van der Waals surface area (Å²) >= 11 is 1.42. The maximum Gasteiger partial charge on any atom is 0.277 e. The van der Waals surface area contributed by atoms with Gasteiger partial charge in [0.25, 0.3) is 5.56 Å². The summed E-state index contributed by atoms with van der Waals surface area (Å²) in [6.07, 6.45) is 1.43. The van der Waals surface area contributed by atoms with Crippen molar-refractivity contribution in [1.29, 1.82) is 0 Å². The Hall–Kier alpha value is -3.45. The lowest BCUT2D eigenvalue weighted by molar-refractivity contribution is -0.120. The number of benzene rings is 2. The van der Waals surface area contributed by atoms with Gasteiger partial charge in [0.05, 0.1) is 11.2 Å². The Bertz CT molecular complexity index is 1260. The maximum atomic E-state index is 13.3. The van der Waals surface area contributed by atoms with Crippen LogP contribution in [0.4, 0.5) is 11.6 Å². The molecule has 3 heterocycles. The molecule has 0 radical (unpaired) electrons. The van der Waals surface area contributed by atoms with E-state index in [4.69, 9.17) is 4.98 Å². The van der Waals surface area contributed by atoms with Gasteiger partial charge in [-0.1, -0.05) is 36.4 Å². The van der Waals surface area contributed by atoms with Crippen LogP contribution in [-0.4, -0.2) is 28.5 Å². The maximum absolute atomic E-state index is 13.3. The van der Waals surface area contributed by atoms with Gasteiger partial charge < -0.3 is 10.2 Å². The van der Waals surface area contributed by atoms with Crippen molar-refractivity contribution < 1.29 is 4.79 Å².